The van der Waals surface area contributed by atoms with E-state index in [1.54, 1.807) is 24.1 Å². The number of methoxy groups -OCH3 is 1. The highest BCUT2D eigenvalue weighted by atomic mass is 16.5. The molecule has 2 aliphatic rings. The van der Waals surface area contributed by atoms with Crippen molar-refractivity contribution in [1.82, 2.24) is 9.47 Å². The molecular formula is C30H28N4O3. The zero-order valence-electron chi connectivity index (χ0n) is 20.6. The number of carbonyl (C=O) groups excluding carboxylic acids is 2. The molecule has 1 aliphatic carbocycles. The van der Waals surface area contributed by atoms with Crippen LogP contribution in [0, 0.1) is 0 Å². The number of fused-ring (bicyclic) bond motifs is 3. The molecule has 1 aromatic heterocycles. The van der Waals surface area contributed by atoms with Crippen LogP contribution in [-0.2, 0) is 4.79 Å². The quantitative estimate of drug-likeness (QED) is 0.380. The Morgan fingerprint density at radius 3 is 2.35 bits per heavy atom. The third-order valence-electron chi connectivity index (χ3n) is 7.01. The Hall–Kier alpha value is -4.52. The number of urea groups is 1. The van der Waals surface area contributed by atoms with E-state index >= 15 is 0 Å². The highest BCUT2D eigenvalue weighted by molar-refractivity contribution is 6.02. The van der Waals surface area contributed by atoms with E-state index in [4.69, 9.17) is 4.74 Å². The van der Waals surface area contributed by atoms with Gasteiger partial charge in [0.25, 0.3) is 0 Å². The Balaban J connectivity index is 1.35. The number of anilines is 2. The van der Waals surface area contributed by atoms with Gasteiger partial charge in [-0.1, -0.05) is 54.6 Å². The van der Waals surface area contributed by atoms with Gasteiger partial charge in [0.1, 0.15) is 18.3 Å². The molecular weight excluding hydrogens is 464 g/mol. The number of hydrogen-bond donors (Lipinski definition) is 1. The fraction of sp³-hybridized carbons (Fsp3) is 0.200. The van der Waals surface area contributed by atoms with Gasteiger partial charge in [-0.3, -0.25) is 9.69 Å². The number of nitrogens with zero attached hydrogens (tertiary/aromatic N) is 3. The van der Waals surface area contributed by atoms with Gasteiger partial charge in [-0.2, -0.15) is 0 Å². The topological polar surface area (TPSA) is 66.8 Å². The van der Waals surface area contributed by atoms with Crippen molar-refractivity contribution in [3.63, 3.8) is 0 Å². The third kappa shape index (κ3) is 4.22. The summed E-state index contributed by atoms with van der Waals surface area (Å²) in [6, 6.07) is 28.7. The second-order valence-electron chi connectivity index (χ2n) is 9.36. The van der Waals surface area contributed by atoms with Gasteiger partial charge in [0, 0.05) is 12.2 Å². The second kappa shape index (κ2) is 9.50. The largest absolute Gasteiger partial charge is 0.495 e. The average molecular weight is 493 g/mol. The van der Waals surface area contributed by atoms with Gasteiger partial charge in [0.05, 0.1) is 29.9 Å². The van der Waals surface area contributed by atoms with Gasteiger partial charge < -0.3 is 19.5 Å². The fourth-order valence-electron chi connectivity index (χ4n) is 5.12. The summed E-state index contributed by atoms with van der Waals surface area (Å²) in [5.41, 5.74) is 4.37. The first-order chi connectivity index (χ1) is 18.2. The van der Waals surface area contributed by atoms with Crippen LogP contribution in [0.25, 0.3) is 5.69 Å². The normalized spacial score (nSPS) is 15.9. The van der Waals surface area contributed by atoms with Crippen molar-refractivity contribution in [3.05, 3.63) is 108 Å². The van der Waals surface area contributed by atoms with Gasteiger partial charge in [-0.25, -0.2) is 4.79 Å². The van der Waals surface area contributed by atoms with Gasteiger partial charge in [0.2, 0.25) is 5.91 Å². The molecule has 3 amide bonds. The number of hydrogen-bond acceptors (Lipinski definition) is 3. The lowest BCUT2D eigenvalue weighted by Gasteiger charge is -2.39. The maximum absolute atomic E-state index is 14.2. The van der Waals surface area contributed by atoms with E-state index < -0.39 is 0 Å². The number of nitrogens with one attached hydrogen (secondary N) is 1. The van der Waals surface area contributed by atoms with Crippen LogP contribution in [0.4, 0.5) is 16.2 Å². The van der Waals surface area contributed by atoms with E-state index in [1.807, 2.05) is 83.9 Å². The van der Waals surface area contributed by atoms with Crippen LogP contribution in [0.3, 0.4) is 0 Å². The van der Waals surface area contributed by atoms with Crippen molar-refractivity contribution in [2.24, 2.45) is 0 Å². The molecule has 186 valence electrons. The molecule has 0 radical (unpaired) electrons. The van der Waals surface area contributed by atoms with Gasteiger partial charge in [0.15, 0.2) is 0 Å². The molecule has 1 saturated carbocycles. The van der Waals surface area contributed by atoms with E-state index in [1.165, 1.54) is 0 Å². The minimum atomic E-state index is -0.308. The summed E-state index contributed by atoms with van der Waals surface area (Å²) in [5.74, 6) is 0.448. The zero-order valence-corrected chi connectivity index (χ0v) is 20.6. The van der Waals surface area contributed by atoms with Crippen LogP contribution < -0.4 is 15.0 Å². The molecule has 7 heteroatoms. The summed E-state index contributed by atoms with van der Waals surface area (Å²) in [4.78, 5) is 31.1. The van der Waals surface area contributed by atoms with Crippen LogP contribution >= 0.6 is 0 Å². The lowest BCUT2D eigenvalue weighted by molar-refractivity contribution is -0.119. The Labute approximate surface area is 215 Å². The van der Waals surface area contributed by atoms with Gasteiger partial charge in [-0.15, -0.1) is 0 Å². The molecule has 3 aromatic carbocycles. The van der Waals surface area contributed by atoms with Crippen LogP contribution in [0.2, 0.25) is 0 Å². The third-order valence-corrected chi connectivity index (χ3v) is 7.01. The standard InChI is InChI=1S/C30H28N4O3/c1-37-27-16-8-5-12-23(27)31-30(36)33(22-17-18-22)20-28(35)34-25-14-7-6-13-24(25)32-19-9-15-26(32)29(34)21-10-3-2-4-11-21/h2-16,19,22,29H,17-18,20H2,1H3,(H,31,36). The zero-order chi connectivity index (χ0) is 25.4. The molecule has 0 spiro atoms. The number of para-hydroxylation sites is 4. The number of rotatable bonds is 6. The SMILES string of the molecule is COc1ccccc1NC(=O)N(CC(=O)N1c2ccccc2-n2cccc2C1c1ccccc1)C1CC1. The predicted octanol–water partition coefficient (Wildman–Crippen LogP) is 5.62. The van der Waals surface area contributed by atoms with Gasteiger partial charge in [-0.05, 0) is 54.8 Å². The molecule has 1 atom stereocenters. The molecule has 1 fully saturated rings. The molecule has 37 heavy (non-hydrogen) atoms. The van der Waals surface area contributed by atoms with Crippen molar-refractivity contribution in [2.45, 2.75) is 24.9 Å². The Bertz CT molecular complexity index is 1440. The van der Waals surface area contributed by atoms with E-state index in [0.29, 0.717) is 11.4 Å². The van der Waals surface area contributed by atoms with Crippen LogP contribution in [0.5, 0.6) is 5.75 Å². The monoisotopic (exact) mass is 492 g/mol. The molecule has 1 N–H and O–H groups in total. The summed E-state index contributed by atoms with van der Waals surface area (Å²) in [6.45, 7) is -0.0238. The summed E-state index contributed by atoms with van der Waals surface area (Å²) < 4.78 is 7.54. The molecule has 1 unspecified atom stereocenters. The van der Waals surface area contributed by atoms with Crippen molar-refractivity contribution < 1.29 is 14.3 Å². The second-order valence-corrected chi connectivity index (χ2v) is 9.36. The number of amides is 3. The smallest absolute Gasteiger partial charge is 0.322 e. The van der Waals surface area contributed by atoms with Crippen molar-refractivity contribution >= 4 is 23.3 Å². The van der Waals surface area contributed by atoms with Crippen LogP contribution in [0.1, 0.15) is 30.1 Å². The summed E-state index contributed by atoms with van der Waals surface area (Å²) >= 11 is 0. The highest BCUT2D eigenvalue weighted by Crippen LogP contribution is 2.42. The van der Waals surface area contributed by atoms with Crippen molar-refractivity contribution in [1.29, 1.82) is 0 Å². The minimum absolute atomic E-state index is 0.0238. The molecule has 4 aromatic rings. The predicted molar refractivity (Wildman–Crippen MR) is 143 cm³/mol. The molecule has 0 saturated heterocycles. The van der Waals surface area contributed by atoms with E-state index in [2.05, 4.69) is 16.0 Å². The molecule has 6 rings (SSSR count). The maximum Gasteiger partial charge on any atom is 0.322 e. The summed E-state index contributed by atoms with van der Waals surface area (Å²) in [7, 11) is 1.57. The molecule has 2 heterocycles. The van der Waals surface area contributed by atoms with Gasteiger partial charge >= 0.3 is 6.03 Å². The summed E-state index contributed by atoms with van der Waals surface area (Å²) in [5, 5.41) is 2.95. The minimum Gasteiger partial charge on any atom is -0.495 e. The highest BCUT2D eigenvalue weighted by Gasteiger charge is 2.40. The van der Waals surface area contributed by atoms with Crippen molar-refractivity contribution in [3.8, 4) is 11.4 Å². The first-order valence-corrected chi connectivity index (χ1v) is 12.5. The van der Waals surface area contributed by atoms with E-state index in [-0.39, 0.29) is 30.6 Å². The molecule has 0 bridgehead atoms. The average Bonchev–Trinajstić information content (AvgIpc) is 3.66. The van der Waals surface area contributed by atoms with E-state index in [0.717, 1.165) is 35.5 Å². The lowest BCUT2D eigenvalue weighted by Crippen LogP contribution is -2.48. The number of benzene rings is 3. The molecule has 7 nitrogen and oxygen atoms in total. The summed E-state index contributed by atoms with van der Waals surface area (Å²) in [6.07, 6.45) is 3.80. The Kier molecular flexibility index (Phi) is 5.88. The Morgan fingerprint density at radius 1 is 0.892 bits per heavy atom. The number of ether oxygens (including phenoxy) is 1. The fourth-order valence-corrected chi connectivity index (χ4v) is 5.12. The lowest BCUT2D eigenvalue weighted by atomic mass is 9.97. The first kappa shape index (κ1) is 22.9. The molecule has 1 aliphatic heterocycles. The van der Waals surface area contributed by atoms with E-state index in [9.17, 15) is 9.59 Å². The Morgan fingerprint density at radius 2 is 1.59 bits per heavy atom. The number of aromatic nitrogens is 1. The maximum atomic E-state index is 14.2. The van der Waals surface area contributed by atoms with Crippen molar-refractivity contribution in [2.75, 3.05) is 23.9 Å². The number of carbonyl (C=O) groups is 2. The van der Waals surface area contributed by atoms with Crippen LogP contribution in [-0.4, -0.2) is 41.1 Å². The van der Waals surface area contributed by atoms with Crippen LogP contribution in [0.15, 0.2) is 97.2 Å². The first-order valence-electron chi connectivity index (χ1n) is 12.5.